The molecular formula is C20H28O3. The van der Waals surface area contributed by atoms with Crippen LogP contribution in [-0.2, 0) is 6.42 Å². The maximum Gasteiger partial charge on any atom is 0.119 e. The third-order valence-electron chi connectivity index (χ3n) is 7.28. The molecule has 0 aliphatic heterocycles. The first-order valence-corrected chi connectivity index (χ1v) is 9.04. The van der Waals surface area contributed by atoms with Gasteiger partial charge in [0.1, 0.15) is 5.75 Å². The normalized spacial score (nSPS) is 41.8. The zero-order chi connectivity index (χ0) is 16.2. The summed E-state index contributed by atoms with van der Waals surface area (Å²) in [5, 5.41) is 20.4. The van der Waals surface area contributed by atoms with Crippen LogP contribution in [0.25, 0.3) is 0 Å². The molecule has 23 heavy (non-hydrogen) atoms. The Morgan fingerprint density at radius 3 is 2.87 bits per heavy atom. The van der Waals surface area contributed by atoms with Gasteiger partial charge in [0.05, 0.1) is 13.2 Å². The molecule has 2 saturated carbocycles. The Kier molecular flexibility index (Phi) is 3.69. The molecule has 0 unspecified atom stereocenters. The molecule has 1 aromatic rings. The Labute approximate surface area is 138 Å². The van der Waals surface area contributed by atoms with E-state index in [0.29, 0.717) is 17.8 Å². The van der Waals surface area contributed by atoms with E-state index in [4.69, 9.17) is 4.74 Å². The Hall–Kier alpha value is -1.06. The lowest BCUT2D eigenvalue weighted by Gasteiger charge is -2.50. The molecule has 3 aliphatic carbocycles. The van der Waals surface area contributed by atoms with Crippen molar-refractivity contribution in [2.75, 3.05) is 13.7 Å². The molecular weight excluding hydrogens is 288 g/mol. The van der Waals surface area contributed by atoms with Crippen molar-refractivity contribution in [2.24, 2.45) is 23.2 Å². The zero-order valence-electron chi connectivity index (χ0n) is 14.2. The number of benzene rings is 1. The minimum atomic E-state index is -0.337. The number of hydrogen-bond donors (Lipinski definition) is 2. The van der Waals surface area contributed by atoms with Crippen LogP contribution >= 0.6 is 0 Å². The SMILES string of the molecule is COc1ccc2c(c1)CC[C@@H]1[C@@H]2CC[C@]2(C)[C@H](O)[C@H](CO)C[C@@H]12. The molecule has 0 spiro atoms. The molecule has 3 heteroatoms. The maximum absolute atomic E-state index is 10.7. The Morgan fingerprint density at radius 2 is 2.13 bits per heavy atom. The fraction of sp³-hybridized carbons (Fsp3) is 0.700. The van der Waals surface area contributed by atoms with Gasteiger partial charge in [0.25, 0.3) is 0 Å². The van der Waals surface area contributed by atoms with E-state index in [-0.39, 0.29) is 24.0 Å². The van der Waals surface area contributed by atoms with Crippen molar-refractivity contribution in [1.29, 1.82) is 0 Å². The van der Waals surface area contributed by atoms with Gasteiger partial charge in [-0.25, -0.2) is 0 Å². The quantitative estimate of drug-likeness (QED) is 0.881. The number of aryl methyl sites for hydroxylation is 1. The summed E-state index contributed by atoms with van der Waals surface area (Å²) in [7, 11) is 1.73. The lowest BCUT2D eigenvalue weighted by Crippen LogP contribution is -2.44. The van der Waals surface area contributed by atoms with Crippen LogP contribution in [0, 0.1) is 23.2 Å². The molecule has 0 bridgehead atoms. The second-order valence-corrected chi connectivity index (χ2v) is 8.15. The average molecular weight is 316 g/mol. The summed E-state index contributed by atoms with van der Waals surface area (Å²) >= 11 is 0. The van der Waals surface area contributed by atoms with E-state index in [1.165, 1.54) is 17.5 Å². The summed E-state index contributed by atoms with van der Waals surface area (Å²) < 4.78 is 5.38. The summed E-state index contributed by atoms with van der Waals surface area (Å²) in [6.45, 7) is 2.39. The zero-order valence-corrected chi connectivity index (χ0v) is 14.2. The van der Waals surface area contributed by atoms with Gasteiger partial charge in [-0.2, -0.15) is 0 Å². The van der Waals surface area contributed by atoms with Gasteiger partial charge in [0, 0.05) is 12.5 Å². The van der Waals surface area contributed by atoms with Crippen molar-refractivity contribution in [2.45, 2.75) is 51.0 Å². The van der Waals surface area contributed by atoms with Gasteiger partial charge in [-0.15, -0.1) is 0 Å². The number of aliphatic hydroxyl groups excluding tert-OH is 2. The molecule has 1 aromatic carbocycles. The highest BCUT2D eigenvalue weighted by atomic mass is 16.5. The number of ether oxygens (including phenoxy) is 1. The lowest BCUT2D eigenvalue weighted by molar-refractivity contribution is -0.0379. The lowest BCUT2D eigenvalue weighted by atomic mass is 9.55. The van der Waals surface area contributed by atoms with Crippen LogP contribution in [0.2, 0.25) is 0 Å². The molecule has 4 rings (SSSR count). The van der Waals surface area contributed by atoms with Crippen LogP contribution in [0.15, 0.2) is 18.2 Å². The topological polar surface area (TPSA) is 49.7 Å². The maximum atomic E-state index is 10.7. The number of rotatable bonds is 2. The Balaban J connectivity index is 1.67. The first kappa shape index (κ1) is 15.5. The van der Waals surface area contributed by atoms with Gasteiger partial charge in [-0.1, -0.05) is 13.0 Å². The van der Waals surface area contributed by atoms with E-state index in [0.717, 1.165) is 31.4 Å². The van der Waals surface area contributed by atoms with E-state index in [1.54, 1.807) is 7.11 Å². The summed E-state index contributed by atoms with van der Waals surface area (Å²) in [5.74, 6) is 2.84. The fourth-order valence-corrected chi connectivity index (χ4v) is 6.01. The van der Waals surface area contributed by atoms with E-state index in [2.05, 4.69) is 25.1 Å². The molecule has 3 nitrogen and oxygen atoms in total. The monoisotopic (exact) mass is 316 g/mol. The molecule has 0 saturated heterocycles. The number of fused-ring (bicyclic) bond motifs is 5. The molecule has 3 aliphatic rings. The van der Waals surface area contributed by atoms with Crippen molar-refractivity contribution in [3.63, 3.8) is 0 Å². The molecule has 126 valence electrons. The van der Waals surface area contributed by atoms with Gasteiger partial charge >= 0.3 is 0 Å². The van der Waals surface area contributed by atoms with Gasteiger partial charge in [-0.3, -0.25) is 0 Å². The molecule has 0 amide bonds. The van der Waals surface area contributed by atoms with Crippen molar-refractivity contribution in [3.05, 3.63) is 29.3 Å². The summed E-state index contributed by atoms with van der Waals surface area (Å²) in [5.41, 5.74) is 2.95. The molecule has 0 heterocycles. The summed E-state index contributed by atoms with van der Waals surface area (Å²) in [4.78, 5) is 0. The molecule has 0 aromatic heterocycles. The molecule has 2 N–H and O–H groups in total. The van der Waals surface area contributed by atoms with E-state index >= 15 is 0 Å². The highest BCUT2D eigenvalue weighted by Gasteiger charge is 2.57. The van der Waals surface area contributed by atoms with Gasteiger partial charge in [0.2, 0.25) is 0 Å². The Bertz CT molecular complexity index is 599. The third-order valence-corrected chi connectivity index (χ3v) is 7.28. The second kappa shape index (κ2) is 5.49. The van der Waals surface area contributed by atoms with Crippen LogP contribution in [0.1, 0.15) is 49.7 Å². The van der Waals surface area contributed by atoms with E-state index in [9.17, 15) is 10.2 Å². The average Bonchev–Trinajstić information content (AvgIpc) is 2.85. The number of methoxy groups -OCH3 is 1. The smallest absolute Gasteiger partial charge is 0.119 e. The van der Waals surface area contributed by atoms with E-state index in [1.807, 2.05) is 0 Å². The number of aliphatic hydroxyl groups is 2. The van der Waals surface area contributed by atoms with Crippen LogP contribution in [0.5, 0.6) is 5.75 Å². The van der Waals surface area contributed by atoms with Crippen LogP contribution in [0.4, 0.5) is 0 Å². The van der Waals surface area contributed by atoms with Crippen LogP contribution in [0.3, 0.4) is 0 Å². The third kappa shape index (κ3) is 2.16. The first-order valence-electron chi connectivity index (χ1n) is 9.04. The van der Waals surface area contributed by atoms with Crippen LogP contribution in [-0.4, -0.2) is 30.0 Å². The highest BCUT2D eigenvalue weighted by Crippen LogP contribution is 2.62. The minimum Gasteiger partial charge on any atom is -0.497 e. The molecule has 2 fully saturated rings. The van der Waals surface area contributed by atoms with Crippen molar-refractivity contribution >= 4 is 0 Å². The second-order valence-electron chi connectivity index (χ2n) is 8.15. The molecule has 0 radical (unpaired) electrons. The largest absolute Gasteiger partial charge is 0.497 e. The van der Waals surface area contributed by atoms with Gasteiger partial charge < -0.3 is 14.9 Å². The molecule has 6 atom stereocenters. The fourth-order valence-electron chi connectivity index (χ4n) is 6.01. The van der Waals surface area contributed by atoms with Gasteiger partial charge in [-0.05, 0) is 78.5 Å². The standard InChI is InChI=1S/C20H28O3/c1-20-8-7-16-15-6-4-14(23-2)9-12(15)3-5-17(16)18(20)10-13(11-21)19(20)22/h4,6,9,13,16-19,21-22H,3,5,7-8,10-11H2,1-2H3/t13-,16+,17+,18-,19+,20-/m0/s1. The van der Waals surface area contributed by atoms with Gasteiger partial charge in [0.15, 0.2) is 0 Å². The van der Waals surface area contributed by atoms with Crippen molar-refractivity contribution in [3.8, 4) is 5.75 Å². The summed E-state index contributed by atoms with van der Waals surface area (Å²) in [6, 6.07) is 6.57. The summed E-state index contributed by atoms with van der Waals surface area (Å²) in [6.07, 6.45) is 5.20. The van der Waals surface area contributed by atoms with Crippen LogP contribution < -0.4 is 4.74 Å². The number of hydrogen-bond acceptors (Lipinski definition) is 3. The van der Waals surface area contributed by atoms with Crippen molar-refractivity contribution < 1.29 is 14.9 Å². The first-order chi connectivity index (χ1) is 11.1. The minimum absolute atomic E-state index is 0.00145. The Morgan fingerprint density at radius 1 is 1.30 bits per heavy atom. The predicted octanol–water partition coefficient (Wildman–Crippen LogP) is 3.13. The highest BCUT2D eigenvalue weighted by molar-refractivity contribution is 5.40. The van der Waals surface area contributed by atoms with Crippen molar-refractivity contribution in [1.82, 2.24) is 0 Å². The van der Waals surface area contributed by atoms with E-state index < -0.39 is 0 Å². The predicted molar refractivity (Wildman–Crippen MR) is 89.6 cm³/mol.